The average molecular weight is 290 g/mol. The van der Waals surface area contributed by atoms with Crippen LogP contribution in [0.2, 0.25) is 0 Å². The van der Waals surface area contributed by atoms with Crippen molar-refractivity contribution < 1.29 is 0 Å². The maximum atomic E-state index is 5.67. The van der Waals surface area contributed by atoms with Crippen LogP contribution in [0.3, 0.4) is 0 Å². The highest BCUT2D eigenvalue weighted by molar-refractivity contribution is 5.52. The highest BCUT2D eigenvalue weighted by Crippen LogP contribution is 2.19. The molecule has 0 spiro atoms. The molecule has 1 aromatic rings. The Morgan fingerprint density at radius 1 is 0.905 bits per heavy atom. The van der Waals surface area contributed by atoms with Gasteiger partial charge in [0.2, 0.25) is 0 Å². The zero-order valence-corrected chi connectivity index (χ0v) is 13.2. The summed E-state index contributed by atoms with van der Waals surface area (Å²) in [6.45, 7) is 4.81. The number of hydrogen-bond donors (Lipinski definition) is 2. The molecule has 0 aromatic carbocycles. The van der Waals surface area contributed by atoms with Gasteiger partial charge in [-0.25, -0.2) is 4.98 Å². The molecular weight excluding hydrogens is 260 g/mol. The Morgan fingerprint density at radius 3 is 2.14 bits per heavy atom. The second kappa shape index (κ2) is 9.61. The van der Waals surface area contributed by atoms with Gasteiger partial charge in [0, 0.05) is 31.0 Å². The molecule has 118 valence electrons. The van der Waals surface area contributed by atoms with Crippen molar-refractivity contribution in [1.29, 1.82) is 0 Å². The van der Waals surface area contributed by atoms with Gasteiger partial charge in [0.1, 0.15) is 5.82 Å². The van der Waals surface area contributed by atoms with Crippen molar-refractivity contribution in [2.45, 2.75) is 51.4 Å². The van der Waals surface area contributed by atoms with Crippen molar-refractivity contribution in [2.75, 3.05) is 36.8 Å². The van der Waals surface area contributed by atoms with Gasteiger partial charge in [-0.1, -0.05) is 25.7 Å². The number of rotatable bonds is 1. The van der Waals surface area contributed by atoms with Crippen LogP contribution < -0.4 is 16.0 Å². The molecule has 2 saturated heterocycles. The molecule has 0 bridgehead atoms. The summed E-state index contributed by atoms with van der Waals surface area (Å²) in [6, 6.07) is 4.01. The lowest BCUT2D eigenvalue weighted by Crippen LogP contribution is -2.23. The molecule has 4 nitrogen and oxygen atoms in total. The summed E-state index contributed by atoms with van der Waals surface area (Å²) in [5.41, 5.74) is 6.89. The molecule has 0 radical (unpaired) electrons. The van der Waals surface area contributed by atoms with Crippen LogP contribution in [0, 0.1) is 0 Å². The summed E-state index contributed by atoms with van der Waals surface area (Å²) in [4.78, 5) is 6.42. The Kier molecular flexibility index (Phi) is 7.36. The zero-order chi connectivity index (χ0) is 14.8. The van der Waals surface area contributed by atoms with E-state index in [-0.39, 0.29) is 0 Å². The van der Waals surface area contributed by atoms with E-state index in [4.69, 9.17) is 5.73 Å². The van der Waals surface area contributed by atoms with Gasteiger partial charge >= 0.3 is 0 Å². The first-order valence-corrected chi connectivity index (χ1v) is 8.53. The highest BCUT2D eigenvalue weighted by Gasteiger charge is 2.09. The van der Waals surface area contributed by atoms with Gasteiger partial charge in [-0.3, -0.25) is 0 Å². The lowest BCUT2D eigenvalue weighted by molar-refractivity contribution is 0.702. The standard InChI is InChI=1S/C11H17N3.C6H13N/c12-11-9-10(5-6-13-11)14-7-3-1-2-4-8-14;1-2-4-6-7-5-3-1/h5-6,9H,1-4,7-8H2,(H2,12,13);7H,1-6H2. The smallest absolute Gasteiger partial charge is 0.125 e. The molecule has 3 N–H and O–H groups in total. The maximum Gasteiger partial charge on any atom is 0.125 e. The van der Waals surface area contributed by atoms with E-state index in [9.17, 15) is 0 Å². The second-order valence-electron chi connectivity index (χ2n) is 6.00. The molecule has 0 unspecified atom stereocenters. The fraction of sp³-hybridized carbons (Fsp3) is 0.706. The van der Waals surface area contributed by atoms with Gasteiger partial charge in [0.25, 0.3) is 0 Å². The molecule has 4 heteroatoms. The summed E-state index contributed by atoms with van der Waals surface area (Å²) in [6.07, 6.45) is 12.7. The molecule has 0 amide bonds. The summed E-state index contributed by atoms with van der Waals surface area (Å²) < 4.78 is 0. The number of aromatic nitrogens is 1. The minimum Gasteiger partial charge on any atom is -0.384 e. The molecular formula is C17H30N4. The normalized spacial score (nSPS) is 19.9. The highest BCUT2D eigenvalue weighted by atomic mass is 15.1. The molecule has 2 aliphatic rings. The quantitative estimate of drug-likeness (QED) is 0.834. The van der Waals surface area contributed by atoms with E-state index in [1.54, 1.807) is 6.20 Å². The maximum absolute atomic E-state index is 5.67. The number of nitrogens with one attached hydrogen (secondary N) is 1. The predicted octanol–water partition coefficient (Wildman–Crippen LogP) is 3.19. The number of nitrogens with zero attached hydrogens (tertiary/aromatic N) is 2. The van der Waals surface area contributed by atoms with Gasteiger partial charge in [-0.05, 0) is 44.8 Å². The fourth-order valence-electron chi connectivity index (χ4n) is 2.94. The van der Waals surface area contributed by atoms with Crippen LogP contribution >= 0.6 is 0 Å². The van der Waals surface area contributed by atoms with Crippen molar-refractivity contribution in [3.8, 4) is 0 Å². The van der Waals surface area contributed by atoms with Gasteiger partial charge in [-0.15, -0.1) is 0 Å². The Morgan fingerprint density at radius 2 is 1.52 bits per heavy atom. The number of nitrogens with two attached hydrogens (primary N) is 1. The van der Waals surface area contributed by atoms with Crippen molar-refractivity contribution >= 4 is 11.5 Å². The largest absolute Gasteiger partial charge is 0.384 e. The third kappa shape index (κ3) is 6.34. The number of anilines is 2. The van der Waals surface area contributed by atoms with Crippen molar-refractivity contribution in [2.24, 2.45) is 0 Å². The SMILES string of the molecule is C1CCCNCC1.Nc1cc(N2CCCCCC2)ccn1. The van der Waals surface area contributed by atoms with Gasteiger partial charge < -0.3 is 16.0 Å². The summed E-state index contributed by atoms with van der Waals surface area (Å²) in [5.74, 6) is 0.617. The molecule has 3 heterocycles. The lowest BCUT2D eigenvalue weighted by atomic mass is 10.2. The Bertz CT molecular complexity index is 366. The van der Waals surface area contributed by atoms with Crippen LogP contribution in [0.1, 0.15) is 51.4 Å². The van der Waals surface area contributed by atoms with Crippen LogP contribution in [0.4, 0.5) is 11.5 Å². The molecule has 3 rings (SSSR count). The molecule has 0 aliphatic carbocycles. The first-order valence-electron chi connectivity index (χ1n) is 8.53. The van der Waals surface area contributed by atoms with E-state index >= 15 is 0 Å². The summed E-state index contributed by atoms with van der Waals surface area (Å²) in [7, 11) is 0. The summed E-state index contributed by atoms with van der Waals surface area (Å²) in [5, 5.41) is 3.35. The predicted molar refractivity (Wildman–Crippen MR) is 90.7 cm³/mol. The first kappa shape index (κ1) is 16.1. The molecule has 21 heavy (non-hydrogen) atoms. The van der Waals surface area contributed by atoms with E-state index in [1.165, 1.54) is 70.1 Å². The van der Waals surface area contributed by atoms with E-state index in [1.807, 2.05) is 12.1 Å². The fourth-order valence-corrected chi connectivity index (χ4v) is 2.94. The van der Waals surface area contributed by atoms with E-state index < -0.39 is 0 Å². The molecule has 2 aliphatic heterocycles. The van der Waals surface area contributed by atoms with Crippen LogP contribution in [-0.2, 0) is 0 Å². The van der Waals surface area contributed by atoms with Crippen molar-refractivity contribution in [3.05, 3.63) is 18.3 Å². The van der Waals surface area contributed by atoms with Gasteiger partial charge in [0.05, 0.1) is 0 Å². The molecule has 0 saturated carbocycles. The minimum absolute atomic E-state index is 0.617. The van der Waals surface area contributed by atoms with Crippen LogP contribution in [0.15, 0.2) is 18.3 Å². The van der Waals surface area contributed by atoms with E-state index in [0.717, 1.165) is 13.1 Å². The summed E-state index contributed by atoms with van der Waals surface area (Å²) >= 11 is 0. The zero-order valence-electron chi connectivity index (χ0n) is 13.2. The number of pyridine rings is 1. The van der Waals surface area contributed by atoms with Crippen LogP contribution in [0.5, 0.6) is 0 Å². The molecule has 2 fully saturated rings. The average Bonchev–Trinajstić information content (AvgIpc) is 2.95. The van der Waals surface area contributed by atoms with Crippen molar-refractivity contribution in [3.63, 3.8) is 0 Å². The monoisotopic (exact) mass is 290 g/mol. The number of hydrogen-bond acceptors (Lipinski definition) is 4. The van der Waals surface area contributed by atoms with Crippen LogP contribution in [-0.4, -0.2) is 31.2 Å². The van der Waals surface area contributed by atoms with E-state index in [2.05, 4.69) is 15.2 Å². The second-order valence-corrected chi connectivity index (χ2v) is 6.00. The Hall–Kier alpha value is -1.29. The Labute approximate surface area is 129 Å². The van der Waals surface area contributed by atoms with E-state index in [0.29, 0.717) is 5.82 Å². The minimum atomic E-state index is 0.617. The van der Waals surface area contributed by atoms with Gasteiger partial charge in [-0.2, -0.15) is 0 Å². The Balaban J connectivity index is 0.000000194. The third-order valence-corrected chi connectivity index (χ3v) is 4.19. The van der Waals surface area contributed by atoms with Crippen molar-refractivity contribution in [1.82, 2.24) is 10.3 Å². The third-order valence-electron chi connectivity index (χ3n) is 4.19. The number of nitrogen functional groups attached to an aromatic ring is 1. The lowest BCUT2D eigenvalue weighted by Gasteiger charge is -2.22. The molecule has 0 atom stereocenters. The van der Waals surface area contributed by atoms with Gasteiger partial charge in [0.15, 0.2) is 0 Å². The first-order chi connectivity index (χ1) is 10.4. The van der Waals surface area contributed by atoms with Crippen LogP contribution in [0.25, 0.3) is 0 Å². The topological polar surface area (TPSA) is 54.2 Å². The molecule has 1 aromatic heterocycles.